The molecular formula is C20H21BrN2O2. The summed E-state index contributed by atoms with van der Waals surface area (Å²) in [4.78, 5) is 25.8. The summed E-state index contributed by atoms with van der Waals surface area (Å²) in [7, 11) is 1.61. The van der Waals surface area contributed by atoms with E-state index >= 15 is 0 Å². The van der Waals surface area contributed by atoms with Crippen molar-refractivity contribution in [3.8, 4) is 0 Å². The molecule has 0 atom stereocenters. The Hall–Kier alpha value is -2.40. The molecule has 0 spiro atoms. The molecule has 0 heterocycles. The Kier molecular flexibility index (Phi) is 6.95. The van der Waals surface area contributed by atoms with Gasteiger partial charge in [-0.1, -0.05) is 59.3 Å². The molecule has 1 N–H and O–H groups in total. The lowest BCUT2D eigenvalue weighted by Crippen LogP contribution is -2.34. The summed E-state index contributed by atoms with van der Waals surface area (Å²) in [5, 5.41) is 2.87. The van der Waals surface area contributed by atoms with Crippen molar-refractivity contribution in [2.75, 3.05) is 18.9 Å². The van der Waals surface area contributed by atoms with E-state index in [0.717, 1.165) is 27.7 Å². The zero-order chi connectivity index (χ0) is 18.2. The first-order valence-electron chi connectivity index (χ1n) is 8.06. The highest BCUT2D eigenvalue weighted by Gasteiger charge is 2.12. The van der Waals surface area contributed by atoms with Gasteiger partial charge in [-0.2, -0.15) is 0 Å². The van der Waals surface area contributed by atoms with Crippen molar-refractivity contribution in [1.82, 2.24) is 4.90 Å². The summed E-state index contributed by atoms with van der Waals surface area (Å²) in [6, 6.07) is 15.3. The van der Waals surface area contributed by atoms with Crippen molar-refractivity contribution in [2.45, 2.75) is 13.3 Å². The van der Waals surface area contributed by atoms with Crippen molar-refractivity contribution >= 4 is 39.5 Å². The fourth-order valence-corrected chi connectivity index (χ4v) is 2.75. The SMILES string of the molecule is CCc1ccccc1NC(=O)CN(C)C(=O)/C=C/c1ccccc1Br. The molecule has 0 aliphatic rings. The van der Waals surface area contributed by atoms with Gasteiger partial charge in [-0.3, -0.25) is 9.59 Å². The second-order valence-electron chi connectivity index (χ2n) is 5.61. The second-order valence-corrected chi connectivity index (χ2v) is 6.46. The third-order valence-electron chi connectivity index (χ3n) is 3.74. The van der Waals surface area contributed by atoms with Gasteiger partial charge in [0.05, 0.1) is 6.54 Å². The Morgan fingerprint density at radius 1 is 1.12 bits per heavy atom. The van der Waals surface area contributed by atoms with Crippen molar-refractivity contribution in [2.24, 2.45) is 0 Å². The Morgan fingerprint density at radius 2 is 1.80 bits per heavy atom. The number of carbonyl (C=O) groups excluding carboxylic acids is 2. The van der Waals surface area contributed by atoms with Crippen LogP contribution in [0.2, 0.25) is 0 Å². The van der Waals surface area contributed by atoms with Crippen LogP contribution in [0.3, 0.4) is 0 Å². The Balaban J connectivity index is 1.94. The predicted molar refractivity (Wildman–Crippen MR) is 105 cm³/mol. The van der Waals surface area contributed by atoms with Crippen LogP contribution in [0.4, 0.5) is 5.69 Å². The van der Waals surface area contributed by atoms with E-state index in [4.69, 9.17) is 0 Å². The number of aryl methyl sites for hydroxylation is 1. The van der Waals surface area contributed by atoms with E-state index in [1.54, 1.807) is 13.1 Å². The van der Waals surface area contributed by atoms with Crippen molar-refractivity contribution in [3.63, 3.8) is 0 Å². The van der Waals surface area contributed by atoms with Crippen LogP contribution in [0.25, 0.3) is 6.08 Å². The van der Waals surface area contributed by atoms with Crippen LogP contribution in [0.5, 0.6) is 0 Å². The minimum atomic E-state index is -0.227. The lowest BCUT2D eigenvalue weighted by Gasteiger charge is -2.16. The van der Waals surface area contributed by atoms with E-state index in [0.29, 0.717) is 0 Å². The van der Waals surface area contributed by atoms with Crippen molar-refractivity contribution < 1.29 is 9.59 Å². The van der Waals surface area contributed by atoms with Gasteiger partial charge in [-0.15, -0.1) is 0 Å². The van der Waals surface area contributed by atoms with Crippen LogP contribution < -0.4 is 5.32 Å². The molecule has 130 valence electrons. The highest BCUT2D eigenvalue weighted by molar-refractivity contribution is 9.10. The minimum absolute atomic E-state index is 0.00280. The van der Waals surface area contributed by atoms with Gasteiger partial charge in [-0.25, -0.2) is 0 Å². The third kappa shape index (κ3) is 5.57. The molecule has 0 fully saturated rings. The van der Waals surface area contributed by atoms with Crippen LogP contribution in [-0.2, 0) is 16.0 Å². The molecule has 2 rings (SSSR count). The number of amides is 2. The molecule has 4 nitrogen and oxygen atoms in total. The molecule has 2 aromatic rings. The van der Waals surface area contributed by atoms with Crippen molar-refractivity contribution in [1.29, 1.82) is 0 Å². The zero-order valence-electron chi connectivity index (χ0n) is 14.3. The van der Waals surface area contributed by atoms with E-state index < -0.39 is 0 Å². The maximum Gasteiger partial charge on any atom is 0.246 e. The van der Waals surface area contributed by atoms with Gasteiger partial charge in [-0.05, 0) is 35.8 Å². The zero-order valence-corrected chi connectivity index (χ0v) is 15.9. The lowest BCUT2D eigenvalue weighted by atomic mass is 10.1. The number of anilines is 1. The third-order valence-corrected chi connectivity index (χ3v) is 4.46. The number of likely N-dealkylation sites (N-methyl/N-ethyl adjacent to an activating group) is 1. The average Bonchev–Trinajstić information content (AvgIpc) is 2.61. The molecule has 2 aromatic carbocycles. The maximum atomic E-state index is 12.2. The largest absolute Gasteiger partial charge is 0.333 e. The van der Waals surface area contributed by atoms with Crippen LogP contribution in [0, 0.1) is 0 Å². The maximum absolute atomic E-state index is 12.2. The van der Waals surface area contributed by atoms with E-state index in [1.165, 1.54) is 11.0 Å². The molecule has 0 aliphatic heterocycles. The highest BCUT2D eigenvalue weighted by Crippen LogP contribution is 2.17. The van der Waals surface area contributed by atoms with Crippen LogP contribution >= 0.6 is 15.9 Å². The topological polar surface area (TPSA) is 49.4 Å². The average molecular weight is 401 g/mol. The first kappa shape index (κ1) is 18.9. The van der Waals surface area contributed by atoms with Crippen molar-refractivity contribution in [3.05, 3.63) is 70.2 Å². The van der Waals surface area contributed by atoms with Crippen LogP contribution in [-0.4, -0.2) is 30.3 Å². The van der Waals surface area contributed by atoms with Gasteiger partial charge >= 0.3 is 0 Å². The van der Waals surface area contributed by atoms with Gasteiger partial charge < -0.3 is 10.2 Å². The van der Waals surface area contributed by atoms with Crippen LogP contribution in [0.1, 0.15) is 18.1 Å². The Morgan fingerprint density at radius 3 is 2.52 bits per heavy atom. The summed E-state index contributed by atoms with van der Waals surface area (Å²) in [6.45, 7) is 2.03. The molecule has 0 saturated heterocycles. The van der Waals surface area contributed by atoms with E-state index in [2.05, 4.69) is 21.2 Å². The number of hydrogen-bond donors (Lipinski definition) is 1. The molecule has 0 saturated carbocycles. The molecule has 0 aliphatic carbocycles. The number of benzene rings is 2. The number of nitrogens with one attached hydrogen (secondary N) is 1. The number of carbonyl (C=O) groups is 2. The molecule has 0 aromatic heterocycles. The Labute approximate surface area is 156 Å². The number of hydrogen-bond acceptors (Lipinski definition) is 2. The highest BCUT2D eigenvalue weighted by atomic mass is 79.9. The quantitative estimate of drug-likeness (QED) is 0.741. The fraction of sp³-hybridized carbons (Fsp3) is 0.200. The van der Waals surface area contributed by atoms with E-state index in [1.807, 2.05) is 55.5 Å². The van der Waals surface area contributed by atoms with E-state index in [-0.39, 0.29) is 18.4 Å². The summed E-state index contributed by atoms with van der Waals surface area (Å²) in [5.74, 6) is -0.444. The van der Waals surface area contributed by atoms with Gasteiger partial charge in [0.15, 0.2) is 0 Å². The van der Waals surface area contributed by atoms with E-state index in [9.17, 15) is 9.59 Å². The standard InChI is InChI=1S/C20H21BrN2O2/c1-3-15-8-5-7-11-18(15)22-19(24)14-23(2)20(25)13-12-16-9-4-6-10-17(16)21/h4-13H,3,14H2,1-2H3,(H,22,24)/b13-12+. The van der Waals surface area contributed by atoms with Gasteiger partial charge in [0.25, 0.3) is 0 Å². The summed E-state index contributed by atoms with van der Waals surface area (Å²) in [5.41, 5.74) is 2.77. The first-order valence-corrected chi connectivity index (χ1v) is 8.86. The lowest BCUT2D eigenvalue weighted by molar-refractivity contribution is -0.129. The summed E-state index contributed by atoms with van der Waals surface area (Å²) < 4.78 is 0.913. The molecule has 25 heavy (non-hydrogen) atoms. The number of halogens is 1. The normalized spacial score (nSPS) is 10.7. The molecule has 5 heteroatoms. The number of rotatable bonds is 6. The Bertz CT molecular complexity index is 787. The predicted octanol–water partition coefficient (Wildman–Crippen LogP) is 4.12. The van der Waals surface area contributed by atoms with Crippen LogP contribution in [0.15, 0.2) is 59.1 Å². The minimum Gasteiger partial charge on any atom is -0.333 e. The second kappa shape index (κ2) is 9.18. The van der Waals surface area contributed by atoms with Gasteiger partial charge in [0.2, 0.25) is 11.8 Å². The molecule has 0 bridgehead atoms. The molecule has 0 unspecified atom stereocenters. The van der Waals surface area contributed by atoms with Gasteiger partial charge in [0, 0.05) is 23.3 Å². The monoisotopic (exact) mass is 400 g/mol. The number of para-hydroxylation sites is 1. The van der Waals surface area contributed by atoms with Gasteiger partial charge in [0.1, 0.15) is 0 Å². The summed E-state index contributed by atoms with van der Waals surface area (Å²) >= 11 is 3.43. The molecule has 2 amide bonds. The fourth-order valence-electron chi connectivity index (χ4n) is 2.33. The number of nitrogens with zero attached hydrogens (tertiary/aromatic N) is 1. The summed E-state index contributed by atoms with van der Waals surface area (Å²) in [6.07, 6.45) is 4.03. The molecule has 0 radical (unpaired) electrons. The smallest absolute Gasteiger partial charge is 0.246 e. The first-order chi connectivity index (χ1) is 12.0. The molecular weight excluding hydrogens is 380 g/mol.